The molecule has 0 fully saturated rings. The summed E-state index contributed by atoms with van der Waals surface area (Å²) in [5.74, 6) is 0. The van der Waals surface area contributed by atoms with Crippen LogP contribution in [0.3, 0.4) is 0 Å². The Kier molecular flexibility index (Phi) is 2.49. The van der Waals surface area contributed by atoms with Crippen molar-refractivity contribution in [3.63, 3.8) is 0 Å². The first-order valence-corrected chi connectivity index (χ1v) is 6.28. The number of fused-ring (bicyclic) bond motifs is 1. The van der Waals surface area contributed by atoms with Gasteiger partial charge in [-0.2, -0.15) is 4.68 Å². The van der Waals surface area contributed by atoms with Gasteiger partial charge >= 0.3 is 0 Å². The molecule has 0 spiro atoms. The number of tetrazole rings is 1. The van der Waals surface area contributed by atoms with Crippen LogP contribution < -0.4 is 0 Å². The maximum absolute atomic E-state index is 4.28. The summed E-state index contributed by atoms with van der Waals surface area (Å²) >= 11 is 1.51. The number of benzene rings is 1. The topological polar surface area (TPSA) is 56.5 Å². The van der Waals surface area contributed by atoms with Gasteiger partial charge in [0, 0.05) is 11.6 Å². The van der Waals surface area contributed by atoms with Crippen molar-refractivity contribution in [2.75, 3.05) is 6.26 Å². The first kappa shape index (κ1) is 10.2. The zero-order valence-electron chi connectivity index (χ0n) is 9.11. The molecule has 3 rings (SSSR count). The Morgan fingerprint density at radius 1 is 1.24 bits per heavy atom. The van der Waals surface area contributed by atoms with Crippen LogP contribution in [0.2, 0.25) is 0 Å². The third-order valence-corrected chi connectivity index (χ3v) is 3.07. The van der Waals surface area contributed by atoms with E-state index < -0.39 is 0 Å². The highest BCUT2D eigenvalue weighted by Crippen LogP contribution is 2.19. The molecule has 0 aliphatic rings. The van der Waals surface area contributed by atoms with E-state index >= 15 is 0 Å². The molecule has 0 aliphatic carbocycles. The van der Waals surface area contributed by atoms with E-state index in [-0.39, 0.29) is 0 Å². The van der Waals surface area contributed by atoms with Gasteiger partial charge in [0.05, 0.1) is 11.2 Å². The van der Waals surface area contributed by atoms with Crippen LogP contribution in [0.5, 0.6) is 0 Å². The maximum Gasteiger partial charge on any atom is 0.213 e. The molecule has 0 saturated heterocycles. The monoisotopic (exact) mass is 243 g/mol. The van der Waals surface area contributed by atoms with Crippen molar-refractivity contribution in [1.29, 1.82) is 0 Å². The van der Waals surface area contributed by atoms with Crippen molar-refractivity contribution < 1.29 is 0 Å². The molecule has 6 heteroatoms. The summed E-state index contributed by atoms with van der Waals surface area (Å²) in [7, 11) is 0. The van der Waals surface area contributed by atoms with Crippen LogP contribution in [0.1, 0.15) is 0 Å². The van der Waals surface area contributed by atoms with Crippen LogP contribution in [0.25, 0.3) is 16.6 Å². The van der Waals surface area contributed by atoms with Crippen molar-refractivity contribution >= 4 is 22.7 Å². The van der Waals surface area contributed by atoms with Crippen LogP contribution in [0.15, 0.2) is 41.7 Å². The highest BCUT2D eigenvalue weighted by molar-refractivity contribution is 7.98. The molecule has 0 unspecified atom stereocenters. The van der Waals surface area contributed by atoms with Crippen LogP contribution >= 0.6 is 11.8 Å². The van der Waals surface area contributed by atoms with E-state index in [0.29, 0.717) is 0 Å². The second-order valence-electron chi connectivity index (χ2n) is 3.46. The predicted octanol–water partition coefficient (Wildman–Crippen LogP) is 1.93. The van der Waals surface area contributed by atoms with E-state index in [1.807, 2.05) is 36.6 Å². The number of hydrogen-bond donors (Lipinski definition) is 0. The Hall–Kier alpha value is -1.95. The fraction of sp³-hybridized carbons (Fsp3) is 0.0909. The molecule has 2 heterocycles. The Morgan fingerprint density at radius 2 is 2.18 bits per heavy atom. The van der Waals surface area contributed by atoms with Gasteiger partial charge in [0.2, 0.25) is 5.16 Å². The fourth-order valence-corrected chi connectivity index (χ4v) is 2.10. The van der Waals surface area contributed by atoms with Crippen molar-refractivity contribution in [3.05, 3.63) is 36.5 Å². The minimum absolute atomic E-state index is 0.772. The number of rotatable bonds is 2. The van der Waals surface area contributed by atoms with Crippen LogP contribution in [-0.4, -0.2) is 31.4 Å². The summed E-state index contributed by atoms with van der Waals surface area (Å²) in [6.07, 6.45) is 3.73. The van der Waals surface area contributed by atoms with E-state index in [9.17, 15) is 0 Å². The third kappa shape index (κ3) is 1.76. The van der Waals surface area contributed by atoms with Gasteiger partial charge in [0.15, 0.2) is 0 Å². The highest BCUT2D eigenvalue weighted by Gasteiger charge is 2.07. The predicted molar refractivity (Wildman–Crippen MR) is 66.2 cm³/mol. The van der Waals surface area contributed by atoms with E-state index in [0.717, 1.165) is 21.7 Å². The number of aromatic nitrogens is 5. The van der Waals surface area contributed by atoms with Gasteiger partial charge in [0.1, 0.15) is 0 Å². The minimum Gasteiger partial charge on any atom is -0.256 e. The molecule has 84 valence electrons. The van der Waals surface area contributed by atoms with E-state index in [4.69, 9.17) is 0 Å². The zero-order chi connectivity index (χ0) is 11.7. The summed E-state index contributed by atoms with van der Waals surface area (Å²) in [6.45, 7) is 0. The molecular weight excluding hydrogens is 234 g/mol. The Morgan fingerprint density at radius 3 is 3.06 bits per heavy atom. The van der Waals surface area contributed by atoms with Gasteiger partial charge in [-0.25, -0.2) is 0 Å². The molecular formula is C11H9N5S. The van der Waals surface area contributed by atoms with Crippen molar-refractivity contribution in [3.8, 4) is 5.69 Å². The molecule has 1 aromatic carbocycles. The fourth-order valence-electron chi connectivity index (χ4n) is 1.66. The van der Waals surface area contributed by atoms with Crippen molar-refractivity contribution in [2.45, 2.75) is 5.16 Å². The lowest BCUT2D eigenvalue weighted by atomic mass is 10.2. The largest absolute Gasteiger partial charge is 0.256 e. The summed E-state index contributed by atoms with van der Waals surface area (Å²) in [5.41, 5.74) is 1.91. The summed E-state index contributed by atoms with van der Waals surface area (Å²) in [6, 6.07) is 9.90. The molecule has 0 radical (unpaired) electrons. The summed E-state index contributed by atoms with van der Waals surface area (Å²) in [5, 5.41) is 13.4. The Labute approximate surface area is 102 Å². The quantitative estimate of drug-likeness (QED) is 0.644. The second kappa shape index (κ2) is 4.14. The van der Waals surface area contributed by atoms with E-state index in [1.54, 1.807) is 10.9 Å². The Balaban J connectivity index is 2.18. The SMILES string of the molecule is CSc1nnnn1-c1ccc2ncccc2c1. The van der Waals surface area contributed by atoms with Gasteiger partial charge < -0.3 is 0 Å². The van der Waals surface area contributed by atoms with Gasteiger partial charge in [-0.1, -0.05) is 17.8 Å². The number of hydrogen-bond acceptors (Lipinski definition) is 5. The average molecular weight is 243 g/mol. The van der Waals surface area contributed by atoms with Crippen LogP contribution in [0, 0.1) is 0 Å². The maximum atomic E-state index is 4.28. The molecule has 0 amide bonds. The first-order valence-electron chi connectivity index (χ1n) is 5.06. The molecule has 0 N–H and O–H groups in total. The molecule has 0 saturated carbocycles. The summed E-state index contributed by atoms with van der Waals surface area (Å²) in [4.78, 5) is 4.28. The molecule has 5 nitrogen and oxygen atoms in total. The van der Waals surface area contributed by atoms with Gasteiger partial charge in [0.25, 0.3) is 0 Å². The number of thioether (sulfide) groups is 1. The van der Waals surface area contributed by atoms with Crippen LogP contribution in [-0.2, 0) is 0 Å². The number of pyridine rings is 1. The smallest absolute Gasteiger partial charge is 0.213 e. The van der Waals surface area contributed by atoms with Gasteiger partial charge in [-0.3, -0.25) is 4.98 Å². The van der Waals surface area contributed by atoms with Gasteiger partial charge in [-0.15, -0.1) is 5.10 Å². The zero-order valence-corrected chi connectivity index (χ0v) is 9.92. The summed E-state index contributed by atoms with van der Waals surface area (Å²) < 4.78 is 1.72. The Bertz CT molecular complexity index is 664. The second-order valence-corrected chi connectivity index (χ2v) is 4.23. The molecule has 0 aliphatic heterocycles. The van der Waals surface area contributed by atoms with Crippen LogP contribution in [0.4, 0.5) is 0 Å². The molecule has 0 atom stereocenters. The van der Waals surface area contributed by atoms with Crippen molar-refractivity contribution in [2.24, 2.45) is 0 Å². The third-order valence-electron chi connectivity index (χ3n) is 2.45. The average Bonchev–Trinajstić information content (AvgIpc) is 2.86. The lowest BCUT2D eigenvalue weighted by molar-refractivity contribution is 0.758. The van der Waals surface area contributed by atoms with E-state index in [2.05, 4.69) is 20.5 Å². The normalized spacial score (nSPS) is 10.9. The minimum atomic E-state index is 0.772. The standard InChI is InChI=1S/C11H9N5S/c1-17-11-13-14-15-16(11)9-4-5-10-8(7-9)3-2-6-12-10/h2-7H,1H3. The number of nitrogens with zero attached hydrogens (tertiary/aromatic N) is 5. The molecule has 17 heavy (non-hydrogen) atoms. The van der Waals surface area contributed by atoms with Gasteiger partial charge in [-0.05, 0) is 40.9 Å². The lowest BCUT2D eigenvalue weighted by Gasteiger charge is -2.03. The molecule has 0 bridgehead atoms. The molecule has 3 aromatic rings. The highest BCUT2D eigenvalue weighted by atomic mass is 32.2. The van der Waals surface area contributed by atoms with E-state index in [1.165, 1.54) is 11.8 Å². The lowest BCUT2D eigenvalue weighted by Crippen LogP contribution is -1.98. The molecule has 2 aromatic heterocycles. The van der Waals surface area contributed by atoms with Crippen molar-refractivity contribution in [1.82, 2.24) is 25.2 Å². The first-order chi connectivity index (χ1) is 8.38.